The maximum atomic E-state index is 13.4. The van der Waals surface area contributed by atoms with Gasteiger partial charge in [-0.3, -0.25) is 14.6 Å². The number of amides is 2. The highest BCUT2D eigenvalue weighted by Gasteiger charge is 2.22. The first-order valence-electron chi connectivity index (χ1n) is 11.0. The number of phenols is 2. The summed E-state index contributed by atoms with van der Waals surface area (Å²) in [6, 6.07) is 20.8. The number of hydrogen-bond acceptors (Lipinski definition) is 5. The van der Waals surface area contributed by atoms with Crippen LogP contribution < -0.4 is 10.2 Å². The SMILES string of the molecule is CC(=O)Nc1ccc(-c2ccc(N(Cc3cccnc3)C(=O)c3ccc(O)cc3O)cc2)c(C)c1. The van der Waals surface area contributed by atoms with Crippen molar-refractivity contribution in [2.45, 2.75) is 20.4 Å². The van der Waals surface area contributed by atoms with Crippen LogP contribution in [0.4, 0.5) is 11.4 Å². The van der Waals surface area contributed by atoms with Crippen molar-refractivity contribution < 1.29 is 19.8 Å². The summed E-state index contributed by atoms with van der Waals surface area (Å²) in [6.07, 6.45) is 3.35. The molecular formula is C28H25N3O4. The Balaban J connectivity index is 1.67. The predicted octanol–water partition coefficient (Wildman–Crippen LogP) is 5.27. The van der Waals surface area contributed by atoms with Crippen molar-refractivity contribution in [2.24, 2.45) is 0 Å². The van der Waals surface area contributed by atoms with Gasteiger partial charge >= 0.3 is 0 Å². The van der Waals surface area contributed by atoms with Crippen LogP contribution in [-0.2, 0) is 11.3 Å². The fraction of sp³-hybridized carbons (Fsp3) is 0.107. The Labute approximate surface area is 203 Å². The number of aryl methyl sites for hydroxylation is 1. The van der Waals surface area contributed by atoms with E-state index in [1.54, 1.807) is 23.4 Å². The van der Waals surface area contributed by atoms with Crippen molar-refractivity contribution in [3.8, 4) is 22.6 Å². The molecule has 7 nitrogen and oxygen atoms in total. The first-order valence-corrected chi connectivity index (χ1v) is 11.0. The Morgan fingerprint density at radius 2 is 1.74 bits per heavy atom. The van der Waals surface area contributed by atoms with E-state index in [-0.39, 0.29) is 29.5 Å². The zero-order valence-electron chi connectivity index (χ0n) is 19.4. The summed E-state index contributed by atoms with van der Waals surface area (Å²) >= 11 is 0. The van der Waals surface area contributed by atoms with E-state index in [0.717, 1.165) is 34.0 Å². The number of anilines is 2. The molecule has 0 aliphatic rings. The van der Waals surface area contributed by atoms with Crippen LogP contribution >= 0.6 is 0 Å². The summed E-state index contributed by atoms with van der Waals surface area (Å²) in [5.41, 5.74) is 5.25. The van der Waals surface area contributed by atoms with Crippen molar-refractivity contribution in [3.05, 3.63) is 102 Å². The van der Waals surface area contributed by atoms with Gasteiger partial charge in [0, 0.05) is 36.8 Å². The molecule has 0 bridgehead atoms. The zero-order chi connectivity index (χ0) is 24.9. The maximum absolute atomic E-state index is 13.4. The molecule has 0 saturated carbocycles. The quantitative estimate of drug-likeness (QED) is 0.358. The lowest BCUT2D eigenvalue weighted by Gasteiger charge is -2.24. The second kappa shape index (κ2) is 10.1. The Morgan fingerprint density at radius 1 is 0.971 bits per heavy atom. The number of benzene rings is 3. The third-order valence-electron chi connectivity index (χ3n) is 5.56. The van der Waals surface area contributed by atoms with Gasteiger partial charge in [0.25, 0.3) is 5.91 Å². The fourth-order valence-electron chi connectivity index (χ4n) is 3.89. The Bertz CT molecular complexity index is 1370. The first kappa shape index (κ1) is 23.5. The summed E-state index contributed by atoms with van der Waals surface area (Å²) in [5.74, 6) is -0.950. The lowest BCUT2D eigenvalue weighted by atomic mass is 9.99. The van der Waals surface area contributed by atoms with Gasteiger partial charge in [0.15, 0.2) is 0 Å². The van der Waals surface area contributed by atoms with Gasteiger partial charge in [0.1, 0.15) is 11.5 Å². The number of carbonyl (C=O) groups is 2. The standard InChI is InChI=1S/C28H25N3O4/c1-18-14-22(30-19(2)32)7-11-25(18)21-5-8-23(9-6-21)31(17-20-4-3-13-29-16-20)28(35)26-12-10-24(33)15-27(26)34/h3-16,33-34H,17H2,1-2H3,(H,30,32). The molecule has 35 heavy (non-hydrogen) atoms. The molecule has 0 saturated heterocycles. The molecule has 1 heterocycles. The summed E-state index contributed by atoms with van der Waals surface area (Å²) in [5, 5.41) is 22.7. The summed E-state index contributed by atoms with van der Waals surface area (Å²) in [6.45, 7) is 3.69. The lowest BCUT2D eigenvalue weighted by molar-refractivity contribution is -0.114. The minimum absolute atomic E-state index is 0.0835. The van der Waals surface area contributed by atoms with Gasteiger partial charge in [-0.15, -0.1) is 0 Å². The first-order chi connectivity index (χ1) is 16.8. The van der Waals surface area contributed by atoms with E-state index in [1.165, 1.54) is 19.1 Å². The van der Waals surface area contributed by atoms with Crippen molar-refractivity contribution in [1.82, 2.24) is 4.98 Å². The highest BCUT2D eigenvalue weighted by Crippen LogP contribution is 2.31. The number of aromatic nitrogens is 1. The smallest absolute Gasteiger partial charge is 0.262 e. The molecule has 176 valence electrons. The molecule has 0 atom stereocenters. The van der Waals surface area contributed by atoms with E-state index in [9.17, 15) is 19.8 Å². The highest BCUT2D eigenvalue weighted by molar-refractivity contribution is 6.08. The number of carbonyl (C=O) groups excluding carboxylic acids is 2. The van der Waals surface area contributed by atoms with E-state index in [4.69, 9.17) is 0 Å². The van der Waals surface area contributed by atoms with Crippen LogP contribution in [0.25, 0.3) is 11.1 Å². The molecule has 0 aliphatic heterocycles. The third-order valence-corrected chi connectivity index (χ3v) is 5.56. The number of nitrogens with one attached hydrogen (secondary N) is 1. The summed E-state index contributed by atoms with van der Waals surface area (Å²) in [7, 11) is 0. The van der Waals surface area contributed by atoms with Crippen LogP contribution in [0.5, 0.6) is 11.5 Å². The van der Waals surface area contributed by atoms with Crippen LogP contribution in [0.15, 0.2) is 85.2 Å². The minimum atomic E-state index is -0.407. The van der Waals surface area contributed by atoms with Gasteiger partial charge in [0.05, 0.1) is 12.1 Å². The van der Waals surface area contributed by atoms with E-state index in [1.807, 2.05) is 55.5 Å². The van der Waals surface area contributed by atoms with Gasteiger partial charge in [-0.05, 0) is 71.6 Å². The number of nitrogens with zero attached hydrogens (tertiary/aromatic N) is 2. The van der Waals surface area contributed by atoms with E-state index < -0.39 is 5.91 Å². The third kappa shape index (κ3) is 5.47. The Hall–Kier alpha value is -4.65. The van der Waals surface area contributed by atoms with Crippen molar-refractivity contribution in [3.63, 3.8) is 0 Å². The summed E-state index contributed by atoms with van der Waals surface area (Å²) < 4.78 is 0. The minimum Gasteiger partial charge on any atom is -0.508 e. The van der Waals surface area contributed by atoms with Crippen LogP contribution in [0.3, 0.4) is 0 Å². The zero-order valence-corrected chi connectivity index (χ0v) is 19.4. The number of aromatic hydroxyl groups is 2. The number of pyridine rings is 1. The van der Waals surface area contributed by atoms with Crippen LogP contribution in [0, 0.1) is 6.92 Å². The van der Waals surface area contributed by atoms with Crippen molar-refractivity contribution in [2.75, 3.05) is 10.2 Å². The molecule has 3 N–H and O–H groups in total. The summed E-state index contributed by atoms with van der Waals surface area (Å²) in [4.78, 5) is 30.5. The van der Waals surface area contributed by atoms with E-state index in [2.05, 4.69) is 10.3 Å². The molecule has 0 aliphatic carbocycles. The number of phenolic OH excluding ortho intramolecular Hbond substituents is 2. The molecule has 7 heteroatoms. The second-order valence-electron chi connectivity index (χ2n) is 8.21. The van der Waals surface area contributed by atoms with Crippen molar-refractivity contribution >= 4 is 23.2 Å². The van der Waals surface area contributed by atoms with Gasteiger partial charge in [-0.25, -0.2) is 0 Å². The van der Waals surface area contributed by atoms with Gasteiger partial charge in [0.2, 0.25) is 5.91 Å². The highest BCUT2D eigenvalue weighted by atomic mass is 16.3. The molecule has 4 aromatic rings. The average Bonchev–Trinajstić information content (AvgIpc) is 2.83. The molecule has 4 rings (SSSR count). The molecule has 3 aromatic carbocycles. The fourth-order valence-corrected chi connectivity index (χ4v) is 3.89. The molecule has 0 fully saturated rings. The van der Waals surface area contributed by atoms with Crippen LogP contribution in [0.2, 0.25) is 0 Å². The Kier molecular flexibility index (Phi) is 6.78. The van der Waals surface area contributed by atoms with Gasteiger partial charge in [-0.1, -0.05) is 24.3 Å². The van der Waals surface area contributed by atoms with Gasteiger partial charge < -0.3 is 20.4 Å². The number of hydrogen-bond donors (Lipinski definition) is 3. The normalized spacial score (nSPS) is 10.6. The van der Waals surface area contributed by atoms with E-state index in [0.29, 0.717) is 5.69 Å². The van der Waals surface area contributed by atoms with Gasteiger partial charge in [-0.2, -0.15) is 0 Å². The Morgan fingerprint density at radius 3 is 2.37 bits per heavy atom. The topological polar surface area (TPSA) is 103 Å². The van der Waals surface area contributed by atoms with Crippen LogP contribution in [0.1, 0.15) is 28.4 Å². The average molecular weight is 468 g/mol. The molecule has 0 spiro atoms. The number of rotatable bonds is 6. The predicted molar refractivity (Wildman–Crippen MR) is 135 cm³/mol. The van der Waals surface area contributed by atoms with Crippen molar-refractivity contribution in [1.29, 1.82) is 0 Å². The largest absolute Gasteiger partial charge is 0.508 e. The molecule has 1 aromatic heterocycles. The maximum Gasteiger partial charge on any atom is 0.262 e. The van der Waals surface area contributed by atoms with E-state index >= 15 is 0 Å². The molecular weight excluding hydrogens is 442 g/mol. The second-order valence-corrected chi connectivity index (χ2v) is 8.21. The molecule has 0 radical (unpaired) electrons. The monoisotopic (exact) mass is 467 g/mol. The lowest BCUT2D eigenvalue weighted by Crippen LogP contribution is -2.30. The van der Waals surface area contributed by atoms with Crippen LogP contribution in [-0.4, -0.2) is 27.0 Å². The molecule has 2 amide bonds. The molecule has 0 unspecified atom stereocenters.